The normalized spacial score (nSPS) is 23.6. The number of rotatable bonds is 3. The van der Waals surface area contributed by atoms with E-state index in [0.29, 0.717) is 17.9 Å². The van der Waals surface area contributed by atoms with Crippen LogP contribution in [0.5, 0.6) is 0 Å². The van der Waals surface area contributed by atoms with E-state index >= 15 is 0 Å². The average Bonchev–Trinajstić information content (AvgIpc) is 3.11. The van der Waals surface area contributed by atoms with Crippen molar-refractivity contribution in [3.8, 4) is 0 Å². The van der Waals surface area contributed by atoms with Crippen molar-refractivity contribution in [3.05, 3.63) is 41.4 Å². The van der Waals surface area contributed by atoms with Crippen LogP contribution in [0, 0.1) is 12.5 Å². The summed E-state index contributed by atoms with van der Waals surface area (Å²) in [7, 11) is 4.35. The largest absolute Gasteiger partial charge is 0.361 e. The fourth-order valence-electron chi connectivity index (χ4n) is 3.84. The summed E-state index contributed by atoms with van der Waals surface area (Å²) in [5, 5.41) is 1.24. The van der Waals surface area contributed by atoms with Crippen molar-refractivity contribution < 1.29 is 0 Å². The number of fused-ring (bicyclic) bond motifs is 1. The van der Waals surface area contributed by atoms with Crippen molar-refractivity contribution in [2.45, 2.75) is 38.1 Å². The summed E-state index contributed by atoms with van der Waals surface area (Å²) in [4.78, 5) is 9.30. The Balaban J connectivity index is 2.01. The molecule has 3 atom stereocenters. The number of hydrogen-bond acceptors (Lipinski definition) is 1. The van der Waals surface area contributed by atoms with Crippen LogP contribution in [-0.4, -0.2) is 30.0 Å². The summed E-state index contributed by atoms with van der Waals surface area (Å²) in [6, 6.07) is 6.56. The van der Waals surface area contributed by atoms with Gasteiger partial charge in [0.15, 0.2) is 5.69 Å². The molecule has 1 aliphatic carbocycles. The van der Waals surface area contributed by atoms with E-state index < -0.39 is 0 Å². The Morgan fingerprint density at radius 1 is 1.33 bits per heavy atom. The van der Waals surface area contributed by atoms with E-state index in [9.17, 15) is 0 Å². The van der Waals surface area contributed by atoms with Crippen LogP contribution < -0.4 is 0 Å². The van der Waals surface area contributed by atoms with E-state index in [1.165, 1.54) is 30.2 Å². The summed E-state index contributed by atoms with van der Waals surface area (Å²) < 4.78 is 0. The third-order valence-electron chi connectivity index (χ3n) is 5.23. The molecule has 1 aliphatic rings. The van der Waals surface area contributed by atoms with Gasteiger partial charge in [-0.2, -0.15) is 0 Å². The molecule has 0 amide bonds. The second-order valence-electron chi connectivity index (χ2n) is 6.49. The maximum absolute atomic E-state index is 7.22. The molecule has 1 heterocycles. The second-order valence-corrected chi connectivity index (χ2v) is 6.49. The summed E-state index contributed by atoms with van der Waals surface area (Å²) in [5.41, 5.74) is 3.30. The first-order valence-corrected chi connectivity index (χ1v) is 7.76. The molecule has 1 aromatic carbocycles. The molecule has 0 radical (unpaired) electrons. The van der Waals surface area contributed by atoms with Crippen LogP contribution in [0.4, 0.5) is 5.69 Å². The van der Waals surface area contributed by atoms with E-state index in [-0.39, 0.29) is 0 Å². The minimum atomic E-state index is 0.589. The van der Waals surface area contributed by atoms with Gasteiger partial charge in [0.2, 0.25) is 0 Å². The van der Waals surface area contributed by atoms with Gasteiger partial charge < -0.3 is 9.88 Å². The molecule has 1 N–H and O–H groups in total. The van der Waals surface area contributed by atoms with Crippen LogP contribution in [0.25, 0.3) is 15.7 Å². The molecule has 0 aliphatic heterocycles. The molecule has 3 unspecified atom stereocenters. The molecule has 0 bridgehead atoms. The van der Waals surface area contributed by atoms with Gasteiger partial charge in [0, 0.05) is 17.8 Å². The van der Waals surface area contributed by atoms with Crippen LogP contribution in [0.2, 0.25) is 0 Å². The van der Waals surface area contributed by atoms with Crippen LogP contribution in [-0.2, 0) is 0 Å². The van der Waals surface area contributed by atoms with E-state index in [1.807, 2.05) is 18.2 Å². The van der Waals surface area contributed by atoms with Crippen molar-refractivity contribution in [3.63, 3.8) is 0 Å². The lowest BCUT2D eigenvalue weighted by Gasteiger charge is -2.30. The van der Waals surface area contributed by atoms with Crippen molar-refractivity contribution >= 4 is 16.6 Å². The maximum Gasteiger partial charge on any atom is 0.187 e. The Bertz CT molecular complexity index is 677. The Morgan fingerprint density at radius 3 is 2.86 bits per heavy atom. The predicted octanol–water partition coefficient (Wildman–Crippen LogP) is 4.55. The Morgan fingerprint density at radius 2 is 2.14 bits per heavy atom. The lowest BCUT2D eigenvalue weighted by molar-refractivity contribution is 0.216. The van der Waals surface area contributed by atoms with Gasteiger partial charge in [-0.25, -0.2) is 4.85 Å². The highest BCUT2D eigenvalue weighted by Crippen LogP contribution is 2.45. The van der Waals surface area contributed by atoms with Gasteiger partial charge in [0.05, 0.1) is 6.57 Å². The second kappa shape index (κ2) is 5.54. The van der Waals surface area contributed by atoms with E-state index in [2.05, 4.69) is 41.9 Å². The molecule has 1 aromatic heterocycles. The van der Waals surface area contributed by atoms with Crippen LogP contribution in [0.3, 0.4) is 0 Å². The molecule has 0 spiro atoms. The SMILES string of the molecule is [C-]#[N+]c1ccc2[nH]cc(C3CCCC3C(C)N(C)C)c2c1. The monoisotopic (exact) mass is 281 g/mol. The summed E-state index contributed by atoms with van der Waals surface area (Å²) >= 11 is 0. The number of hydrogen-bond donors (Lipinski definition) is 1. The molecular weight excluding hydrogens is 258 g/mol. The smallest absolute Gasteiger partial charge is 0.187 e. The number of aromatic nitrogens is 1. The van der Waals surface area contributed by atoms with Crippen LogP contribution in [0.15, 0.2) is 24.4 Å². The first-order valence-electron chi connectivity index (χ1n) is 7.76. The third-order valence-corrected chi connectivity index (χ3v) is 5.23. The van der Waals surface area contributed by atoms with Gasteiger partial charge in [-0.05, 0) is 68.8 Å². The fourth-order valence-corrected chi connectivity index (χ4v) is 3.84. The zero-order valence-electron chi connectivity index (χ0n) is 13.1. The molecular formula is C18H23N3. The van der Waals surface area contributed by atoms with Gasteiger partial charge in [0.1, 0.15) is 0 Å². The molecule has 110 valence electrons. The predicted molar refractivity (Wildman–Crippen MR) is 87.8 cm³/mol. The van der Waals surface area contributed by atoms with Gasteiger partial charge in [-0.1, -0.05) is 12.5 Å². The minimum Gasteiger partial charge on any atom is -0.361 e. The zero-order valence-corrected chi connectivity index (χ0v) is 13.1. The van der Waals surface area contributed by atoms with Crippen molar-refractivity contribution in [2.75, 3.05) is 14.1 Å². The lowest BCUT2D eigenvalue weighted by atomic mass is 9.84. The van der Waals surface area contributed by atoms with Crippen LogP contribution in [0.1, 0.15) is 37.7 Å². The molecule has 1 fully saturated rings. The Kier molecular flexibility index (Phi) is 3.73. The number of nitrogens with zero attached hydrogens (tertiary/aromatic N) is 2. The zero-order chi connectivity index (χ0) is 15.0. The van der Waals surface area contributed by atoms with Crippen LogP contribution >= 0.6 is 0 Å². The fraction of sp³-hybridized carbons (Fsp3) is 0.500. The van der Waals surface area contributed by atoms with Crippen molar-refractivity contribution in [1.29, 1.82) is 0 Å². The molecule has 1 saturated carbocycles. The highest BCUT2D eigenvalue weighted by molar-refractivity contribution is 5.87. The van der Waals surface area contributed by atoms with E-state index in [4.69, 9.17) is 6.57 Å². The van der Waals surface area contributed by atoms with Gasteiger partial charge in [-0.15, -0.1) is 0 Å². The van der Waals surface area contributed by atoms with Crippen molar-refractivity contribution in [1.82, 2.24) is 9.88 Å². The summed E-state index contributed by atoms with van der Waals surface area (Å²) in [6.07, 6.45) is 6.05. The quantitative estimate of drug-likeness (QED) is 0.819. The minimum absolute atomic E-state index is 0.589. The Labute approximate surface area is 126 Å². The highest BCUT2D eigenvalue weighted by atomic mass is 15.1. The number of aromatic amines is 1. The summed E-state index contributed by atoms with van der Waals surface area (Å²) in [5.74, 6) is 1.31. The van der Waals surface area contributed by atoms with Crippen molar-refractivity contribution in [2.24, 2.45) is 5.92 Å². The lowest BCUT2D eigenvalue weighted by Crippen LogP contribution is -2.33. The molecule has 21 heavy (non-hydrogen) atoms. The summed E-state index contributed by atoms with van der Waals surface area (Å²) in [6.45, 7) is 9.56. The molecule has 3 nitrogen and oxygen atoms in total. The number of nitrogens with one attached hydrogen (secondary N) is 1. The maximum atomic E-state index is 7.22. The average molecular weight is 281 g/mol. The third kappa shape index (κ3) is 2.45. The van der Waals surface area contributed by atoms with Gasteiger partial charge in [-0.3, -0.25) is 0 Å². The first kappa shape index (κ1) is 14.2. The van der Waals surface area contributed by atoms with Gasteiger partial charge in [0.25, 0.3) is 0 Å². The van der Waals surface area contributed by atoms with E-state index in [0.717, 1.165) is 11.2 Å². The first-order chi connectivity index (χ1) is 10.1. The number of benzene rings is 1. The molecule has 2 aromatic rings. The highest BCUT2D eigenvalue weighted by Gasteiger charge is 2.34. The molecule has 3 rings (SSSR count). The molecule has 0 saturated heterocycles. The van der Waals surface area contributed by atoms with E-state index in [1.54, 1.807) is 0 Å². The molecule has 3 heteroatoms. The number of H-pyrrole nitrogens is 1. The Hall–Kier alpha value is -1.79. The topological polar surface area (TPSA) is 23.4 Å². The van der Waals surface area contributed by atoms with Gasteiger partial charge >= 0.3 is 0 Å². The standard InChI is InChI=1S/C18H23N3/c1-12(21(3)4)14-6-5-7-15(14)17-11-20-18-9-8-13(19-2)10-16(17)18/h8-12,14-15,20H,5-7H2,1,3-4H3.